The van der Waals surface area contributed by atoms with Crippen molar-refractivity contribution in [3.63, 3.8) is 0 Å². The summed E-state index contributed by atoms with van der Waals surface area (Å²) in [6.07, 6.45) is 31.4. The molecule has 1 amide bonds. The van der Waals surface area contributed by atoms with Gasteiger partial charge in [0.2, 0.25) is 5.91 Å². The van der Waals surface area contributed by atoms with Gasteiger partial charge < -0.3 is 10.4 Å². The molecule has 0 bridgehead atoms. The third kappa shape index (κ3) is 26.2. The Morgan fingerprint density at radius 1 is 0.711 bits per heavy atom. The average molecular weight is 556 g/mol. The van der Waals surface area contributed by atoms with Crippen molar-refractivity contribution in [2.24, 2.45) is 0 Å². The van der Waals surface area contributed by atoms with Gasteiger partial charge in [-0.1, -0.05) is 115 Å². The maximum absolute atomic E-state index is 12.3. The van der Waals surface area contributed by atoms with E-state index in [1.807, 2.05) is 6.08 Å². The Morgan fingerprint density at radius 2 is 1.18 bits per heavy atom. The van der Waals surface area contributed by atoms with E-state index in [0.717, 1.165) is 57.8 Å². The van der Waals surface area contributed by atoms with Crippen LogP contribution in [-0.2, 0) is 14.9 Å². The molecule has 0 fully saturated rings. The van der Waals surface area contributed by atoms with E-state index in [4.69, 9.17) is 0 Å². The highest BCUT2D eigenvalue weighted by Crippen LogP contribution is 2.10. The lowest BCUT2D eigenvalue weighted by molar-refractivity contribution is -0.122. The molecule has 0 saturated heterocycles. The Morgan fingerprint density at radius 3 is 1.74 bits per heavy atom. The fourth-order valence-corrected chi connectivity index (χ4v) is 4.98. The van der Waals surface area contributed by atoms with E-state index in [-0.39, 0.29) is 12.3 Å². The van der Waals surface area contributed by atoms with Crippen LogP contribution in [0.25, 0.3) is 0 Å². The van der Waals surface area contributed by atoms with Gasteiger partial charge in [-0.2, -0.15) is 8.42 Å². The van der Waals surface area contributed by atoms with Crippen LogP contribution >= 0.6 is 0 Å². The lowest BCUT2D eigenvalue weighted by Gasteiger charge is -2.21. The number of carbonyl (C=O) groups is 1. The topological polar surface area (TPSA) is 104 Å². The zero-order valence-corrected chi connectivity index (χ0v) is 25.1. The minimum absolute atomic E-state index is 0.278. The van der Waals surface area contributed by atoms with Crippen LogP contribution in [0.1, 0.15) is 136 Å². The molecule has 7 heteroatoms. The largest absolute Gasteiger partial charge is 0.387 e. The molecular formula is C31H57NO5S. The highest BCUT2D eigenvalue weighted by molar-refractivity contribution is 7.85. The Hall–Kier alpha value is -1.44. The summed E-state index contributed by atoms with van der Waals surface area (Å²) in [6, 6.07) is -1.06. The van der Waals surface area contributed by atoms with Crippen molar-refractivity contribution < 1.29 is 22.9 Å². The zero-order valence-electron chi connectivity index (χ0n) is 24.3. The second-order valence-corrected chi connectivity index (χ2v) is 11.9. The van der Waals surface area contributed by atoms with Crippen molar-refractivity contribution in [1.29, 1.82) is 0 Å². The first-order chi connectivity index (χ1) is 18.3. The maximum atomic E-state index is 12.3. The summed E-state index contributed by atoms with van der Waals surface area (Å²) in [6.45, 7) is 4.40. The van der Waals surface area contributed by atoms with Gasteiger partial charge in [0.05, 0.1) is 17.9 Å². The normalized spacial score (nSPS) is 14.1. The third-order valence-electron chi connectivity index (χ3n) is 6.56. The highest BCUT2D eigenvalue weighted by Gasteiger charge is 2.24. The lowest BCUT2D eigenvalue weighted by Crippen LogP contribution is -2.46. The maximum Gasteiger partial charge on any atom is 0.267 e. The Kier molecular flexibility index (Phi) is 24.8. The third-order valence-corrected chi connectivity index (χ3v) is 7.34. The van der Waals surface area contributed by atoms with Gasteiger partial charge in [-0.25, -0.2) is 0 Å². The Labute approximate surface area is 234 Å². The van der Waals surface area contributed by atoms with Crippen molar-refractivity contribution in [2.45, 2.75) is 148 Å². The first-order valence-electron chi connectivity index (χ1n) is 15.2. The number of unbranched alkanes of at least 4 members (excludes halogenated alkanes) is 14. The number of amides is 1. The summed E-state index contributed by atoms with van der Waals surface area (Å²) >= 11 is 0. The summed E-state index contributed by atoms with van der Waals surface area (Å²) in [5.74, 6) is -1.00. The number of hydrogen-bond donors (Lipinski definition) is 3. The van der Waals surface area contributed by atoms with E-state index in [2.05, 4.69) is 43.5 Å². The van der Waals surface area contributed by atoms with Gasteiger partial charge in [0.1, 0.15) is 0 Å². The SMILES string of the molecule is CCCCCC/C=C\C/C=C\CCCCCCCC(=O)NC(CS(=O)(=O)O)C(O)/C=C/CCCCCCC. The predicted molar refractivity (Wildman–Crippen MR) is 161 cm³/mol. The molecule has 6 nitrogen and oxygen atoms in total. The number of rotatable bonds is 26. The Balaban J connectivity index is 4.05. The lowest BCUT2D eigenvalue weighted by atomic mass is 10.1. The van der Waals surface area contributed by atoms with Gasteiger partial charge in [-0.3, -0.25) is 9.35 Å². The van der Waals surface area contributed by atoms with Crippen molar-refractivity contribution in [3.8, 4) is 0 Å². The molecule has 0 radical (unpaired) electrons. The minimum Gasteiger partial charge on any atom is -0.387 e. The molecule has 0 aromatic heterocycles. The van der Waals surface area contributed by atoms with Crippen LogP contribution in [-0.4, -0.2) is 41.9 Å². The molecule has 0 aromatic carbocycles. The Bertz CT molecular complexity index is 745. The first-order valence-corrected chi connectivity index (χ1v) is 16.8. The number of allylic oxidation sites excluding steroid dienone is 5. The summed E-state index contributed by atoms with van der Waals surface area (Å²) in [5, 5.41) is 13.0. The van der Waals surface area contributed by atoms with Gasteiger partial charge in [-0.15, -0.1) is 0 Å². The fraction of sp³-hybridized carbons (Fsp3) is 0.774. The fourth-order valence-electron chi connectivity index (χ4n) is 4.24. The number of aliphatic hydroxyl groups is 1. The monoisotopic (exact) mass is 555 g/mol. The molecular weight excluding hydrogens is 498 g/mol. The van der Waals surface area contributed by atoms with Crippen molar-refractivity contribution in [1.82, 2.24) is 5.32 Å². The van der Waals surface area contributed by atoms with Crippen LogP contribution in [0, 0.1) is 0 Å². The van der Waals surface area contributed by atoms with E-state index in [1.54, 1.807) is 0 Å². The number of aliphatic hydroxyl groups excluding tert-OH is 1. The van der Waals surface area contributed by atoms with Crippen molar-refractivity contribution in [2.75, 3.05) is 5.75 Å². The molecule has 2 atom stereocenters. The van der Waals surface area contributed by atoms with Crippen molar-refractivity contribution >= 4 is 16.0 Å². The van der Waals surface area contributed by atoms with Crippen molar-refractivity contribution in [3.05, 3.63) is 36.5 Å². The van der Waals surface area contributed by atoms with E-state index in [9.17, 15) is 22.9 Å². The smallest absolute Gasteiger partial charge is 0.267 e. The molecule has 0 aliphatic heterocycles. The molecule has 0 spiro atoms. The molecule has 0 aliphatic rings. The van der Waals surface area contributed by atoms with E-state index >= 15 is 0 Å². The number of carbonyl (C=O) groups excluding carboxylic acids is 1. The van der Waals surface area contributed by atoms with Gasteiger partial charge >= 0.3 is 0 Å². The highest BCUT2D eigenvalue weighted by atomic mass is 32.2. The molecule has 0 saturated carbocycles. The molecule has 222 valence electrons. The predicted octanol–water partition coefficient (Wildman–Crippen LogP) is 7.84. The average Bonchev–Trinajstić information content (AvgIpc) is 2.86. The summed E-state index contributed by atoms with van der Waals surface area (Å²) in [5.41, 5.74) is 0. The van der Waals surface area contributed by atoms with Gasteiger partial charge in [-0.05, 0) is 51.4 Å². The van der Waals surface area contributed by atoms with Gasteiger partial charge in [0.15, 0.2) is 0 Å². The standard InChI is InChI=1S/C31H57NO5S/c1-3-5-7-9-11-12-13-14-15-16-17-18-19-21-23-25-27-31(34)32-29(28-38(35,36)37)30(33)26-24-22-20-10-8-6-4-2/h12-13,15-16,24,26,29-30,33H,3-11,14,17-23,25,27-28H2,1-2H3,(H,32,34)(H,35,36,37)/b13-12-,16-15-,26-24+. The number of hydrogen-bond acceptors (Lipinski definition) is 4. The summed E-state index contributed by atoms with van der Waals surface area (Å²) in [4.78, 5) is 12.3. The van der Waals surface area contributed by atoms with Gasteiger partial charge in [0, 0.05) is 6.42 Å². The second-order valence-electron chi connectivity index (χ2n) is 10.4. The first kappa shape index (κ1) is 36.6. The second kappa shape index (κ2) is 25.8. The molecule has 0 rings (SSSR count). The molecule has 2 unspecified atom stereocenters. The molecule has 0 aliphatic carbocycles. The van der Waals surface area contributed by atoms with E-state index < -0.39 is 28.0 Å². The van der Waals surface area contributed by atoms with Crippen LogP contribution < -0.4 is 5.32 Å². The van der Waals surface area contributed by atoms with E-state index in [0.29, 0.717) is 6.42 Å². The molecule has 3 N–H and O–H groups in total. The zero-order chi connectivity index (χ0) is 28.3. The van der Waals surface area contributed by atoms with Crippen LogP contribution in [0.2, 0.25) is 0 Å². The summed E-state index contributed by atoms with van der Waals surface area (Å²) in [7, 11) is -4.33. The minimum atomic E-state index is -4.33. The molecule has 38 heavy (non-hydrogen) atoms. The van der Waals surface area contributed by atoms with E-state index in [1.165, 1.54) is 57.4 Å². The quantitative estimate of drug-likeness (QED) is 0.0573. The number of nitrogens with one attached hydrogen (secondary N) is 1. The van der Waals surface area contributed by atoms with Crippen LogP contribution in [0.4, 0.5) is 0 Å². The van der Waals surface area contributed by atoms with Crippen LogP contribution in [0.15, 0.2) is 36.5 Å². The van der Waals surface area contributed by atoms with Crippen LogP contribution in [0.3, 0.4) is 0 Å². The van der Waals surface area contributed by atoms with Crippen LogP contribution in [0.5, 0.6) is 0 Å². The molecule has 0 heterocycles. The summed E-state index contributed by atoms with van der Waals surface area (Å²) < 4.78 is 32.0. The van der Waals surface area contributed by atoms with Gasteiger partial charge in [0.25, 0.3) is 10.1 Å². The molecule has 0 aromatic rings.